The number of nitrogens with one attached hydrogen (secondary N) is 1. The Kier molecular flexibility index (Phi) is 7.01. The van der Waals surface area contributed by atoms with Crippen molar-refractivity contribution >= 4 is 0 Å². The molecule has 0 saturated heterocycles. The normalized spacial score (nSPS) is 30.0. The lowest BCUT2D eigenvalue weighted by Gasteiger charge is -2.41. The minimum Gasteiger partial charge on any atom is -0.381 e. The van der Waals surface area contributed by atoms with Crippen LogP contribution < -0.4 is 5.32 Å². The van der Waals surface area contributed by atoms with Crippen molar-refractivity contribution in [3.8, 4) is 0 Å². The van der Waals surface area contributed by atoms with Crippen molar-refractivity contribution in [3.05, 3.63) is 0 Å². The van der Waals surface area contributed by atoms with Crippen LogP contribution in [-0.4, -0.2) is 25.8 Å². The van der Waals surface area contributed by atoms with Gasteiger partial charge in [0.25, 0.3) is 0 Å². The van der Waals surface area contributed by atoms with Crippen LogP contribution in [0.5, 0.6) is 0 Å². The fraction of sp³-hybridized carbons (Fsp3) is 1.00. The molecule has 0 aromatic heterocycles. The van der Waals surface area contributed by atoms with Gasteiger partial charge >= 0.3 is 0 Å². The molecule has 2 fully saturated rings. The van der Waals surface area contributed by atoms with E-state index >= 15 is 0 Å². The number of rotatable bonds is 10. The maximum absolute atomic E-state index is 6.11. The second-order valence-electron chi connectivity index (χ2n) is 8.08. The summed E-state index contributed by atoms with van der Waals surface area (Å²) in [5, 5.41) is 3.69. The van der Waals surface area contributed by atoms with Crippen LogP contribution in [0.25, 0.3) is 0 Å². The summed E-state index contributed by atoms with van der Waals surface area (Å²) in [5.74, 6) is 1.88. The molecule has 0 amide bonds. The maximum Gasteiger partial charge on any atom is 0.0534 e. The molecule has 2 nitrogen and oxygen atoms in total. The Morgan fingerprint density at radius 3 is 2.38 bits per heavy atom. The van der Waals surface area contributed by atoms with Crippen molar-refractivity contribution in [2.24, 2.45) is 17.3 Å². The molecular formula is C19H37NO. The Hall–Kier alpha value is -0.0800. The van der Waals surface area contributed by atoms with E-state index in [9.17, 15) is 0 Å². The Morgan fingerprint density at radius 1 is 1.10 bits per heavy atom. The number of ether oxygens (including phenoxy) is 1. The lowest BCUT2D eigenvalue weighted by molar-refractivity contribution is 0.00458. The molecule has 2 rings (SSSR count). The molecule has 1 N–H and O–H groups in total. The fourth-order valence-electron chi connectivity index (χ4n) is 3.59. The monoisotopic (exact) mass is 295 g/mol. The molecule has 0 aromatic rings. The van der Waals surface area contributed by atoms with Gasteiger partial charge in [0.1, 0.15) is 0 Å². The molecule has 2 saturated carbocycles. The zero-order valence-corrected chi connectivity index (χ0v) is 14.6. The van der Waals surface area contributed by atoms with Gasteiger partial charge < -0.3 is 10.1 Å². The molecule has 2 heteroatoms. The first-order valence-electron chi connectivity index (χ1n) is 9.45. The molecule has 0 atom stereocenters. The van der Waals surface area contributed by atoms with Crippen LogP contribution >= 0.6 is 0 Å². The highest BCUT2D eigenvalue weighted by molar-refractivity contribution is 4.88. The van der Waals surface area contributed by atoms with Crippen LogP contribution in [0, 0.1) is 17.3 Å². The summed E-state index contributed by atoms with van der Waals surface area (Å²) in [6.07, 6.45) is 12.6. The van der Waals surface area contributed by atoms with Gasteiger partial charge in [-0.25, -0.2) is 0 Å². The van der Waals surface area contributed by atoms with E-state index < -0.39 is 0 Å². The molecule has 0 aliphatic heterocycles. The van der Waals surface area contributed by atoms with Gasteiger partial charge in [-0.1, -0.05) is 40.0 Å². The quantitative estimate of drug-likeness (QED) is 0.626. The SMILES string of the molecule is CCCCC1CCC(CNC(C)C)(COCC2CC2)CC1. The highest BCUT2D eigenvalue weighted by Gasteiger charge is 2.36. The third kappa shape index (κ3) is 6.28. The standard InChI is InChI=1S/C19H37NO/c1-4-5-6-17-9-11-19(12-10-17,14-20-16(2)3)15-21-13-18-7-8-18/h16-18,20H,4-15H2,1-3H3. The molecule has 0 heterocycles. The van der Waals surface area contributed by atoms with E-state index in [0.29, 0.717) is 11.5 Å². The maximum atomic E-state index is 6.11. The van der Waals surface area contributed by atoms with Crippen molar-refractivity contribution in [1.29, 1.82) is 0 Å². The Labute approximate surface area is 132 Å². The highest BCUT2D eigenvalue weighted by atomic mass is 16.5. The third-order valence-corrected chi connectivity index (χ3v) is 5.48. The topological polar surface area (TPSA) is 21.3 Å². The van der Waals surface area contributed by atoms with Crippen LogP contribution in [0.3, 0.4) is 0 Å². The summed E-state index contributed by atoms with van der Waals surface area (Å²) in [4.78, 5) is 0. The second-order valence-corrected chi connectivity index (χ2v) is 8.08. The van der Waals surface area contributed by atoms with E-state index in [-0.39, 0.29) is 0 Å². The first kappa shape index (κ1) is 17.3. The summed E-state index contributed by atoms with van der Waals surface area (Å²) in [7, 11) is 0. The second kappa shape index (κ2) is 8.53. The van der Waals surface area contributed by atoms with Gasteiger partial charge in [0.05, 0.1) is 6.61 Å². The first-order chi connectivity index (χ1) is 10.1. The summed E-state index contributed by atoms with van der Waals surface area (Å²) in [6.45, 7) is 9.98. The van der Waals surface area contributed by atoms with E-state index in [1.165, 1.54) is 57.8 Å². The van der Waals surface area contributed by atoms with E-state index in [4.69, 9.17) is 4.74 Å². The molecule has 0 spiro atoms. The van der Waals surface area contributed by atoms with Crippen molar-refractivity contribution in [2.75, 3.05) is 19.8 Å². The van der Waals surface area contributed by atoms with Crippen LogP contribution in [0.4, 0.5) is 0 Å². The number of hydrogen-bond donors (Lipinski definition) is 1. The van der Waals surface area contributed by atoms with Gasteiger partial charge in [-0.15, -0.1) is 0 Å². The van der Waals surface area contributed by atoms with Crippen LogP contribution in [0.2, 0.25) is 0 Å². The molecular weight excluding hydrogens is 258 g/mol. The van der Waals surface area contributed by atoms with Crippen LogP contribution in [-0.2, 0) is 4.74 Å². The molecule has 0 unspecified atom stereocenters. The zero-order valence-electron chi connectivity index (χ0n) is 14.6. The molecule has 0 aromatic carbocycles. The first-order valence-corrected chi connectivity index (χ1v) is 9.45. The average molecular weight is 296 g/mol. The summed E-state index contributed by atoms with van der Waals surface area (Å²) in [5.41, 5.74) is 0.419. The minimum absolute atomic E-state index is 0.419. The molecule has 2 aliphatic carbocycles. The molecule has 124 valence electrons. The molecule has 21 heavy (non-hydrogen) atoms. The van der Waals surface area contributed by atoms with E-state index in [2.05, 4.69) is 26.1 Å². The lowest BCUT2D eigenvalue weighted by Crippen LogP contribution is -2.43. The van der Waals surface area contributed by atoms with Gasteiger partial charge in [0.15, 0.2) is 0 Å². The number of unbranched alkanes of at least 4 members (excludes halogenated alkanes) is 1. The highest BCUT2D eigenvalue weighted by Crippen LogP contribution is 2.41. The minimum atomic E-state index is 0.419. The predicted molar refractivity (Wildman–Crippen MR) is 90.6 cm³/mol. The van der Waals surface area contributed by atoms with E-state index in [0.717, 1.165) is 31.6 Å². The fourth-order valence-corrected chi connectivity index (χ4v) is 3.59. The van der Waals surface area contributed by atoms with Crippen LogP contribution in [0.1, 0.15) is 78.6 Å². The predicted octanol–water partition coefficient (Wildman–Crippen LogP) is 4.78. The largest absolute Gasteiger partial charge is 0.381 e. The lowest BCUT2D eigenvalue weighted by atomic mass is 9.69. The molecule has 0 bridgehead atoms. The van der Waals surface area contributed by atoms with Crippen molar-refractivity contribution in [2.45, 2.75) is 84.6 Å². The zero-order chi connectivity index (χ0) is 15.1. The number of hydrogen-bond acceptors (Lipinski definition) is 2. The van der Waals surface area contributed by atoms with Crippen molar-refractivity contribution < 1.29 is 4.74 Å². The van der Waals surface area contributed by atoms with Gasteiger partial charge in [-0.05, 0) is 50.4 Å². The Balaban J connectivity index is 1.77. The van der Waals surface area contributed by atoms with Crippen molar-refractivity contribution in [1.82, 2.24) is 5.32 Å². The van der Waals surface area contributed by atoms with Gasteiger partial charge in [-0.2, -0.15) is 0 Å². The van der Waals surface area contributed by atoms with E-state index in [1.807, 2.05) is 0 Å². The summed E-state index contributed by atoms with van der Waals surface area (Å²) < 4.78 is 6.11. The van der Waals surface area contributed by atoms with Gasteiger partial charge in [0, 0.05) is 24.6 Å². The van der Waals surface area contributed by atoms with Gasteiger partial charge in [-0.3, -0.25) is 0 Å². The molecule has 2 aliphatic rings. The smallest absolute Gasteiger partial charge is 0.0534 e. The van der Waals surface area contributed by atoms with Crippen LogP contribution in [0.15, 0.2) is 0 Å². The van der Waals surface area contributed by atoms with Gasteiger partial charge in [0.2, 0.25) is 0 Å². The molecule has 0 radical (unpaired) electrons. The Bertz CT molecular complexity index is 277. The van der Waals surface area contributed by atoms with E-state index in [1.54, 1.807) is 0 Å². The Morgan fingerprint density at radius 2 is 1.81 bits per heavy atom. The third-order valence-electron chi connectivity index (χ3n) is 5.48. The average Bonchev–Trinajstić information content (AvgIpc) is 3.29. The summed E-state index contributed by atoms with van der Waals surface area (Å²) in [6, 6.07) is 0.586. The van der Waals surface area contributed by atoms with Crippen molar-refractivity contribution in [3.63, 3.8) is 0 Å². The summed E-state index contributed by atoms with van der Waals surface area (Å²) >= 11 is 0.